The molecule has 146 valence electrons. The molecule has 0 radical (unpaired) electrons. The molecule has 1 atom stereocenters. The first-order valence-electron chi connectivity index (χ1n) is 9.52. The Kier molecular flexibility index (Phi) is 5.38. The third kappa shape index (κ3) is 4.19. The van der Waals surface area contributed by atoms with E-state index in [4.69, 9.17) is 4.74 Å². The predicted octanol–water partition coefficient (Wildman–Crippen LogP) is 5.17. The standard InChI is InChI=1S/C24H21FN2O2/c1-27(22-11-10-18-5-2-3-7-20(18)22)24(28)13-9-17-8-12-23(21(25)15-17)29-19-6-4-14-26-16-19/h2-9,12-16,22H,10-11H2,1H3/b13-9+. The van der Waals surface area contributed by atoms with E-state index in [1.807, 2.05) is 19.2 Å². The Morgan fingerprint density at radius 3 is 2.86 bits per heavy atom. The summed E-state index contributed by atoms with van der Waals surface area (Å²) in [6, 6.07) is 16.3. The molecule has 0 aliphatic heterocycles. The van der Waals surface area contributed by atoms with E-state index in [1.54, 1.807) is 41.4 Å². The molecular formula is C24H21FN2O2. The van der Waals surface area contributed by atoms with Gasteiger partial charge < -0.3 is 9.64 Å². The minimum Gasteiger partial charge on any atom is -0.453 e. The van der Waals surface area contributed by atoms with Crippen LogP contribution in [0.15, 0.2) is 73.1 Å². The third-order valence-corrected chi connectivity index (χ3v) is 5.15. The van der Waals surface area contributed by atoms with E-state index < -0.39 is 5.82 Å². The van der Waals surface area contributed by atoms with Gasteiger partial charge in [0.2, 0.25) is 5.91 Å². The van der Waals surface area contributed by atoms with Gasteiger partial charge in [0.15, 0.2) is 11.6 Å². The zero-order valence-electron chi connectivity index (χ0n) is 16.1. The van der Waals surface area contributed by atoms with Crippen molar-refractivity contribution in [2.24, 2.45) is 0 Å². The van der Waals surface area contributed by atoms with Crippen molar-refractivity contribution in [1.29, 1.82) is 0 Å². The van der Waals surface area contributed by atoms with Crippen molar-refractivity contribution in [2.45, 2.75) is 18.9 Å². The van der Waals surface area contributed by atoms with Gasteiger partial charge in [-0.05, 0) is 59.9 Å². The van der Waals surface area contributed by atoms with Gasteiger partial charge in [0.25, 0.3) is 0 Å². The number of carbonyl (C=O) groups is 1. The fourth-order valence-corrected chi connectivity index (χ4v) is 3.61. The molecule has 1 heterocycles. The Bertz CT molecular complexity index is 1050. The largest absolute Gasteiger partial charge is 0.453 e. The molecule has 0 saturated heterocycles. The lowest BCUT2D eigenvalue weighted by Crippen LogP contribution is -2.28. The van der Waals surface area contributed by atoms with E-state index >= 15 is 0 Å². The SMILES string of the molecule is CN(C(=O)/C=C/c1ccc(Oc2cccnc2)c(F)c1)C1CCc2ccccc21. The Morgan fingerprint density at radius 2 is 2.07 bits per heavy atom. The van der Waals surface area contributed by atoms with Crippen LogP contribution >= 0.6 is 0 Å². The summed E-state index contributed by atoms with van der Waals surface area (Å²) in [7, 11) is 1.81. The van der Waals surface area contributed by atoms with Crippen molar-refractivity contribution in [3.63, 3.8) is 0 Å². The van der Waals surface area contributed by atoms with Gasteiger partial charge in [-0.25, -0.2) is 4.39 Å². The molecule has 0 saturated carbocycles. The molecule has 4 rings (SSSR count). The van der Waals surface area contributed by atoms with Crippen LogP contribution in [0.3, 0.4) is 0 Å². The highest BCUT2D eigenvalue weighted by molar-refractivity contribution is 5.92. The first-order chi connectivity index (χ1) is 14.1. The summed E-state index contributed by atoms with van der Waals surface area (Å²) in [5.41, 5.74) is 3.10. The van der Waals surface area contributed by atoms with Crippen LogP contribution in [0.4, 0.5) is 4.39 Å². The molecule has 0 spiro atoms. The van der Waals surface area contributed by atoms with Crippen LogP contribution in [0.2, 0.25) is 0 Å². The number of halogens is 1. The van der Waals surface area contributed by atoms with E-state index in [1.165, 1.54) is 29.5 Å². The number of hydrogen-bond acceptors (Lipinski definition) is 3. The molecule has 29 heavy (non-hydrogen) atoms. The van der Waals surface area contributed by atoms with Crippen LogP contribution in [0.1, 0.15) is 29.2 Å². The number of rotatable bonds is 5. The fourth-order valence-electron chi connectivity index (χ4n) is 3.61. The van der Waals surface area contributed by atoms with Crippen LogP contribution in [0, 0.1) is 5.82 Å². The monoisotopic (exact) mass is 388 g/mol. The normalized spacial score (nSPS) is 15.3. The molecular weight excluding hydrogens is 367 g/mol. The number of benzene rings is 2. The van der Waals surface area contributed by atoms with Gasteiger partial charge in [-0.2, -0.15) is 0 Å². The molecule has 5 heteroatoms. The van der Waals surface area contributed by atoms with Crippen LogP contribution in [-0.2, 0) is 11.2 Å². The Hall–Kier alpha value is -3.47. The lowest BCUT2D eigenvalue weighted by atomic mass is 10.1. The van der Waals surface area contributed by atoms with Crippen molar-refractivity contribution in [1.82, 2.24) is 9.88 Å². The predicted molar refractivity (Wildman–Crippen MR) is 110 cm³/mol. The summed E-state index contributed by atoms with van der Waals surface area (Å²) >= 11 is 0. The molecule has 0 N–H and O–H groups in total. The molecule has 0 fully saturated rings. The summed E-state index contributed by atoms with van der Waals surface area (Å²) < 4.78 is 19.8. The number of hydrogen-bond donors (Lipinski definition) is 0. The minimum absolute atomic E-state index is 0.0790. The average molecular weight is 388 g/mol. The molecule has 3 aromatic rings. The second kappa shape index (κ2) is 8.27. The van der Waals surface area contributed by atoms with Crippen LogP contribution in [0.25, 0.3) is 6.08 Å². The number of aromatic nitrogens is 1. The first kappa shape index (κ1) is 18.9. The number of aryl methyl sites for hydroxylation is 1. The van der Waals surface area contributed by atoms with Crippen LogP contribution in [0.5, 0.6) is 11.5 Å². The van der Waals surface area contributed by atoms with Gasteiger partial charge in [-0.1, -0.05) is 30.3 Å². The summed E-state index contributed by atoms with van der Waals surface area (Å²) in [4.78, 5) is 18.3. The number of likely N-dealkylation sites (N-methyl/N-ethyl adjacent to an activating group) is 1. The molecule has 1 amide bonds. The van der Waals surface area contributed by atoms with Gasteiger partial charge >= 0.3 is 0 Å². The summed E-state index contributed by atoms with van der Waals surface area (Å²) in [6.07, 6.45) is 8.14. The molecule has 2 aromatic carbocycles. The maximum absolute atomic E-state index is 14.4. The van der Waals surface area contributed by atoms with Gasteiger partial charge in [0.1, 0.15) is 5.75 Å². The maximum atomic E-state index is 14.4. The van der Waals surface area contributed by atoms with E-state index in [0.29, 0.717) is 11.3 Å². The summed E-state index contributed by atoms with van der Waals surface area (Å²) in [5.74, 6) is -0.0335. The summed E-state index contributed by atoms with van der Waals surface area (Å²) in [6.45, 7) is 0. The topological polar surface area (TPSA) is 42.4 Å². The number of nitrogens with zero attached hydrogens (tertiary/aromatic N) is 2. The summed E-state index contributed by atoms with van der Waals surface area (Å²) in [5, 5.41) is 0. The molecule has 0 bridgehead atoms. The van der Waals surface area contributed by atoms with Crippen molar-refractivity contribution in [2.75, 3.05) is 7.05 Å². The first-order valence-corrected chi connectivity index (χ1v) is 9.52. The third-order valence-electron chi connectivity index (χ3n) is 5.15. The Morgan fingerprint density at radius 1 is 1.21 bits per heavy atom. The van der Waals surface area contributed by atoms with E-state index in [0.717, 1.165) is 12.8 Å². The second-order valence-corrected chi connectivity index (χ2v) is 7.02. The zero-order valence-corrected chi connectivity index (χ0v) is 16.1. The van der Waals surface area contributed by atoms with Crippen LogP contribution < -0.4 is 4.74 Å². The lowest BCUT2D eigenvalue weighted by Gasteiger charge is -2.24. The molecule has 1 aliphatic carbocycles. The zero-order chi connectivity index (χ0) is 20.2. The molecule has 1 aromatic heterocycles. The quantitative estimate of drug-likeness (QED) is 0.566. The molecule has 1 aliphatic rings. The van der Waals surface area contributed by atoms with Crippen LogP contribution in [-0.4, -0.2) is 22.8 Å². The van der Waals surface area contributed by atoms with Gasteiger partial charge in [-0.3, -0.25) is 9.78 Å². The molecule has 1 unspecified atom stereocenters. The van der Waals surface area contributed by atoms with Gasteiger partial charge in [-0.15, -0.1) is 0 Å². The minimum atomic E-state index is -0.499. The number of pyridine rings is 1. The number of carbonyl (C=O) groups excluding carboxylic acids is 1. The Labute approximate surface area is 169 Å². The number of amides is 1. The van der Waals surface area contributed by atoms with Crippen molar-refractivity contribution < 1.29 is 13.9 Å². The Balaban J connectivity index is 1.43. The van der Waals surface area contributed by atoms with E-state index in [2.05, 4.69) is 17.1 Å². The van der Waals surface area contributed by atoms with Crippen molar-refractivity contribution in [3.05, 3.63) is 95.6 Å². The van der Waals surface area contributed by atoms with Gasteiger partial charge in [0.05, 0.1) is 12.2 Å². The van der Waals surface area contributed by atoms with E-state index in [9.17, 15) is 9.18 Å². The smallest absolute Gasteiger partial charge is 0.246 e. The van der Waals surface area contributed by atoms with Gasteiger partial charge in [0, 0.05) is 19.3 Å². The highest BCUT2D eigenvalue weighted by atomic mass is 19.1. The number of fused-ring (bicyclic) bond motifs is 1. The van der Waals surface area contributed by atoms with Crippen molar-refractivity contribution >= 4 is 12.0 Å². The molecule has 4 nitrogen and oxygen atoms in total. The lowest BCUT2D eigenvalue weighted by molar-refractivity contribution is -0.126. The second-order valence-electron chi connectivity index (χ2n) is 7.02. The fraction of sp³-hybridized carbons (Fsp3) is 0.167. The van der Waals surface area contributed by atoms with E-state index in [-0.39, 0.29) is 17.7 Å². The highest BCUT2D eigenvalue weighted by Gasteiger charge is 2.27. The highest BCUT2D eigenvalue weighted by Crippen LogP contribution is 2.35. The number of ether oxygens (including phenoxy) is 1. The maximum Gasteiger partial charge on any atom is 0.246 e. The average Bonchev–Trinajstić information content (AvgIpc) is 3.18. The van der Waals surface area contributed by atoms with Crippen molar-refractivity contribution in [3.8, 4) is 11.5 Å².